The predicted molar refractivity (Wildman–Crippen MR) is 114 cm³/mol. The summed E-state index contributed by atoms with van der Waals surface area (Å²) in [7, 11) is 0. The molecule has 3 aliphatic rings. The standard InChI is InChI=1S/C23H36N2O6/c1-4-9-15(3)24(12-5-2)21(28)19-23-11-10-16(31-23)17(22(29)30)18(23)20(27)25(19)13-7-6-8-14-26/h5,15-19,26H,2,4,6-14H2,1,3H3,(H,29,30)/t15?,16-,17+,18+,19-,23+/m0/s1. The topological polar surface area (TPSA) is 107 Å². The van der Waals surface area contributed by atoms with E-state index in [2.05, 4.69) is 13.5 Å². The summed E-state index contributed by atoms with van der Waals surface area (Å²) in [6.45, 7) is 8.66. The second kappa shape index (κ2) is 9.69. The Morgan fingerprint density at radius 2 is 2.13 bits per heavy atom. The maximum Gasteiger partial charge on any atom is 0.310 e. The number of aliphatic hydroxyl groups excluding tert-OH is 1. The molecular weight excluding hydrogens is 400 g/mol. The number of carboxylic acid groups (broad SMARTS) is 1. The van der Waals surface area contributed by atoms with Gasteiger partial charge in [0.15, 0.2) is 0 Å². The number of ether oxygens (including phenoxy) is 1. The van der Waals surface area contributed by atoms with Gasteiger partial charge in [-0.05, 0) is 45.4 Å². The van der Waals surface area contributed by atoms with Crippen molar-refractivity contribution < 1.29 is 29.3 Å². The highest BCUT2D eigenvalue weighted by atomic mass is 16.5. The molecule has 3 aliphatic heterocycles. The number of amides is 2. The van der Waals surface area contributed by atoms with Crippen LogP contribution in [0.3, 0.4) is 0 Å². The van der Waals surface area contributed by atoms with Crippen molar-refractivity contribution in [2.45, 2.75) is 82.6 Å². The van der Waals surface area contributed by atoms with Crippen molar-refractivity contribution in [3.8, 4) is 0 Å². The normalized spacial score (nSPS) is 32.2. The van der Waals surface area contributed by atoms with Crippen molar-refractivity contribution >= 4 is 17.8 Å². The third-order valence-electron chi connectivity index (χ3n) is 7.22. The van der Waals surface area contributed by atoms with Gasteiger partial charge in [0.2, 0.25) is 11.8 Å². The van der Waals surface area contributed by atoms with E-state index in [-0.39, 0.29) is 24.5 Å². The quantitative estimate of drug-likeness (QED) is 0.357. The molecule has 0 saturated carbocycles. The minimum Gasteiger partial charge on any atom is -0.481 e. The highest BCUT2D eigenvalue weighted by Crippen LogP contribution is 2.58. The number of hydrogen-bond donors (Lipinski definition) is 2. The monoisotopic (exact) mass is 436 g/mol. The van der Waals surface area contributed by atoms with Gasteiger partial charge in [0.25, 0.3) is 0 Å². The van der Waals surface area contributed by atoms with Gasteiger partial charge >= 0.3 is 5.97 Å². The molecule has 0 aromatic rings. The number of nitrogens with zero attached hydrogens (tertiary/aromatic N) is 2. The lowest BCUT2D eigenvalue weighted by Gasteiger charge is -2.39. The van der Waals surface area contributed by atoms with Crippen LogP contribution < -0.4 is 0 Å². The summed E-state index contributed by atoms with van der Waals surface area (Å²) in [6.07, 6.45) is 5.99. The molecule has 31 heavy (non-hydrogen) atoms. The number of rotatable bonds is 12. The summed E-state index contributed by atoms with van der Waals surface area (Å²) in [5, 5.41) is 18.9. The van der Waals surface area contributed by atoms with E-state index in [1.54, 1.807) is 15.9 Å². The van der Waals surface area contributed by atoms with Gasteiger partial charge < -0.3 is 24.7 Å². The Bertz CT molecular complexity index is 712. The molecule has 8 heteroatoms. The second-order valence-corrected chi connectivity index (χ2v) is 9.13. The number of hydrogen-bond acceptors (Lipinski definition) is 5. The summed E-state index contributed by atoms with van der Waals surface area (Å²) >= 11 is 0. The van der Waals surface area contributed by atoms with Crippen LogP contribution in [0.15, 0.2) is 12.7 Å². The molecular formula is C23H36N2O6. The Balaban J connectivity index is 1.96. The Morgan fingerprint density at radius 3 is 2.74 bits per heavy atom. The molecule has 2 bridgehead atoms. The van der Waals surface area contributed by atoms with E-state index in [1.165, 1.54) is 0 Å². The fourth-order valence-electron chi connectivity index (χ4n) is 5.88. The van der Waals surface area contributed by atoms with E-state index < -0.39 is 35.6 Å². The number of likely N-dealkylation sites (tertiary alicyclic amines) is 1. The fourth-order valence-corrected chi connectivity index (χ4v) is 5.88. The fraction of sp³-hybridized carbons (Fsp3) is 0.783. The van der Waals surface area contributed by atoms with Crippen molar-refractivity contribution in [2.75, 3.05) is 19.7 Å². The Labute approximate surface area is 184 Å². The van der Waals surface area contributed by atoms with Crippen molar-refractivity contribution in [2.24, 2.45) is 11.8 Å². The van der Waals surface area contributed by atoms with Gasteiger partial charge in [-0.3, -0.25) is 14.4 Å². The predicted octanol–water partition coefficient (Wildman–Crippen LogP) is 1.81. The molecule has 1 unspecified atom stereocenters. The van der Waals surface area contributed by atoms with E-state index in [0.29, 0.717) is 38.8 Å². The molecule has 3 rings (SSSR count). The zero-order valence-corrected chi connectivity index (χ0v) is 18.7. The van der Waals surface area contributed by atoms with Crippen LogP contribution in [0.25, 0.3) is 0 Å². The number of carbonyl (C=O) groups is 3. The molecule has 3 heterocycles. The molecule has 0 radical (unpaired) electrons. The molecule has 3 saturated heterocycles. The van der Waals surface area contributed by atoms with Gasteiger partial charge in [-0.2, -0.15) is 0 Å². The number of unbranched alkanes of at least 4 members (excludes halogenated alkanes) is 2. The number of aliphatic carboxylic acids is 1. The summed E-state index contributed by atoms with van der Waals surface area (Å²) < 4.78 is 6.23. The van der Waals surface area contributed by atoms with Gasteiger partial charge in [-0.15, -0.1) is 6.58 Å². The van der Waals surface area contributed by atoms with Crippen LogP contribution in [0.4, 0.5) is 0 Å². The molecule has 174 valence electrons. The zero-order chi connectivity index (χ0) is 22.8. The smallest absolute Gasteiger partial charge is 0.310 e. The zero-order valence-electron chi connectivity index (χ0n) is 18.7. The van der Waals surface area contributed by atoms with Gasteiger partial charge in [0.1, 0.15) is 11.6 Å². The summed E-state index contributed by atoms with van der Waals surface area (Å²) in [5.74, 6) is -3.20. The van der Waals surface area contributed by atoms with E-state index in [9.17, 15) is 19.5 Å². The Hall–Kier alpha value is -1.93. The molecule has 8 nitrogen and oxygen atoms in total. The first kappa shape index (κ1) is 23.7. The minimum atomic E-state index is -1.07. The minimum absolute atomic E-state index is 0.0221. The second-order valence-electron chi connectivity index (χ2n) is 9.13. The SMILES string of the molecule is C=CCN(C(=O)[C@@H]1N(CCCCCO)C(=O)[C@H]2[C@H](C(=O)O)[C@@H]3CC[C@]12O3)C(C)CCC. The lowest BCUT2D eigenvalue weighted by molar-refractivity contribution is -0.151. The third kappa shape index (κ3) is 4.00. The van der Waals surface area contributed by atoms with E-state index >= 15 is 0 Å². The summed E-state index contributed by atoms with van der Waals surface area (Å²) in [6, 6.07) is -0.834. The molecule has 1 spiro atoms. The number of carboxylic acids is 1. The van der Waals surface area contributed by atoms with Gasteiger partial charge in [0.05, 0.1) is 17.9 Å². The average molecular weight is 437 g/mol. The van der Waals surface area contributed by atoms with E-state index in [1.807, 2.05) is 6.92 Å². The lowest BCUT2D eigenvalue weighted by atomic mass is 9.70. The van der Waals surface area contributed by atoms with Crippen LogP contribution in [0, 0.1) is 11.8 Å². The van der Waals surface area contributed by atoms with Crippen LogP contribution in [0.2, 0.25) is 0 Å². The molecule has 0 aromatic heterocycles. The summed E-state index contributed by atoms with van der Waals surface area (Å²) in [5.41, 5.74) is -1.07. The molecule has 2 amide bonds. The lowest BCUT2D eigenvalue weighted by Crippen LogP contribution is -2.57. The molecule has 2 N–H and O–H groups in total. The van der Waals surface area contributed by atoms with Crippen LogP contribution in [0.1, 0.15) is 58.8 Å². The highest BCUT2D eigenvalue weighted by Gasteiger charge is 2.74. The largest absolute Gasteiger partial charge is 0.481 e. The van der Waals surface area contributed by atoms with Crippen molar-refractivity contribution in [3.63, 3.8) is 0 Å². The number of aliphatic hydroxyl groups is 1. The molecule has 3 fully saturated rings. The highest BCUT2D eigenvalue weighted by molar-refractivity contribution is 5.98. The maximum atomic E-state index is 13.9. The van der Waals surface area contributed by atoms with Gasteiger partial charge in [-0.25, -0.2) is 0 Å². The first-order valence-electron chi connectivity index (χ1n) is 11.6. The van der Waals surface area contributed by atoms with Crippen molar-refractivity contribution in [1.29, 1.82) is 0 Å². The molecule has 6 atom stereocenters. The Morgan fingerprint density at radius 1 is 1.39 bits per heavy atom. The van der Waals surface area contributed by atoms with E-state index in [0.717, 1.165) is 19.3 Å². The molecule has 0 aliphatic carbocycles. The van der Waals surface area contributed by atoms with E-state index in [4.69, 9.17) is 9.84 Å². The number of fused-ring (bicyclic) bond motifs is 1. The average Bonchev–Trinajstić information content (AvgIpc) is 3.36. The number of carbonyl (C=O) groups excluding carboxylic acids is 2. The van der Waals surface area contributed by atoms with Gasteiger partial charge in [-0.1, -0.05) is 19.4 Å². The van der Waals surface area contributed by atoms with Crippen LogP contribution in [0.5, 0.6) is 0 Å². The van der Waals surface area contributed by atoms with Crippen molar-refractivity contribution in [3.05, 3.63) is 12.7 Å². The van der Waals surface area contributed by atoms with Crippen LogP contribution in [-0.4, -0.2) is 81.3 Å². The van der Waals surface area contributed by atoms with Crippen molar-refractivity contribution in [1.82, 2.24) is 9.80 Å². The third-order valence-corrected chi connectivity index (χ3v) is 7.22. The van der Waals surface area contributed by atoms with Gasteiger partial charge in [0, 0.05) is 25.7 Å². The first-order chi connectivity index (χ1) is 14.8. The van der Waals surface area contributed by atoms with Crippen LogP contribution in [-0.2, 0) is 19.1 Å². The maximum absolute atomic E-state index is 13.9. The first-order valence-corrected chi connectivity index (χ1v) is 11.6. The summed E-state index contributed by atoms with van der Waals surface area (Å²) in [4.78, 5) is 42.7. The molecule has 0 aromatic carbocycles. The van der Waals surface area contributed by atoms with Crippen LogP contribution >= 0.6 is 0 Å². The Kier molecular flexibility index (Phi) is 7.42.